The Morgan fingerprint density at radius 1 is 1.44 bits per heavy atom. The average molecular weight is 280 g/mol. The van der Waals surface area contributed by atoms with Crippen molar-refractivity contribution in [3.05, 3.63) is 27.2 Å². The Kier molecular flexibility index (Phi) is 2.09. The third-order valence-electron chi connectivity index (χ3n) is 2.97. The van der Waals surface area contributed by atoms with E-state index in [-0.39, 0.29) is 5.75 Å². The molecule has 1 aromatic carbocycles. The number of phenols is 1. The van der Waals surface area contributed by atoms with Crippen molar-refractivity contribution in [3.8, 4) is 5.75 Å². The number of hydrogen-bond acceptors (Lipinski definition) is 1. The van der Waals surface area contributed by atoms with Crippen LogP contribution in [0, 0.1) is 0 Å². The fourth-order valence-electron chi connectivity index (χ4n) is 2.17. The first kappa shape index (κ1) is 9.93. The molecule has 2 heterocycles. The van der Waals surface area contributed by atoms with Crippen LogP contribution >= 0.6 is 15.9 Å². The highest BCUT2D eigenvalue weighted by Gasteiger charge is 2.12. The zero-order chi connectivity index (χ0) is 11.3. The number of halogens is 1. The second-order valence-corrected chi connectivity index (χ2v) is 4.97. The zero-order valence-corrected chi connectivity index (χ0v) is 10.4. The van der Waals surface area contributed by atoms with Crippen LogP contribution in [0.4, 0.5) is 0 Å². The summed E-state index contributed by atoms with van der Waals surface area (Å²) in [5.41, 5.74) is 1.05. The van der Waals surface area contributed by atoms with Gasteiger partial charge in [-0.25, -0.2) is 0 Å². The summed E-state index contributed by atoms with van der Waals surface area (Å²) >= 11 is 3.44. The summed E-state index contributed by atoms with van der Waals surface area (Å²) in [6, 6.07) is 3.61. The third kappa shape index (κ3) is 1.30. The first-order valence-corrected chi connectivity index (χ1v) is 5.99. The van der Waals surface area contributed by atoms with Crippen molar-refractivity contribution in [2.24, 2.45) is 0 Å². The van der Waals surface area contributed by atoms with E-state index < -0.39 is 0 Å². The molecule has 0 amide bonds. The molecule has 1 atom stereocenters. The molecular weight excluding hydrogens is 268 g/mol. The molecule has 1 aliphatic rings. The number of rotatable bonds is 0. The smallest absolute Gasteiger partial charge is 0.130 e. The molecular formula is C12H12BrN2O+. The lowest BCUT2D eigenvalue weighted by molar-refractivity contribution is -0.785. The van der Waals surface area contributed by atoms with Crippen LogP contribution in [0.15, 0.2) is 16.6 Å². The molecule has 3 N–H and O–H groups in total. The Morgan fingerprint density at radius 2 is 2.25 bits per heavy atom. The number of aromatic hydroxyl groups is 1. The van der Waals surface area contributed by atoms with E-state index in [1.165, 1.54) is 10.1 Å². The molecule has 3 rings (SSSR count). The van der Waals surface area contributed by atoms with Gasteiger partial charge in [-0.05, 0) is 34.1 Å². The molecule has 0 aliphatic carbocycles. The first-order valence-electron chi connectivity index (χ1n) is 5.20. The predicted octanol–water partition coefficient (Wildman–Crippen LogP) is -0.317. The third-order valence-corrected chi connectivity index (χ3v) is 3.77. The highest BCUT2D eigenvalue weighted by Crippen LogP contribution is 2.28. The Labute approximate surface area is 101 Å². The molecule has 4 heteroatoms. The molecule has 1 unspecified atom stereocenters. The number of quaternary nitrogens is 1. The SMILES string of the molecule is C[NH+]1C=c2[nH]c3ccc(O)c(Br)c3c2=CC1. The molecule has 0 bridgehead atoms. The van der Waals surface area contributed by atoms with Crippen molar-refractivity contribution < 1.29 is 10.0 Å². The van der Waals surface area contributed by atoms with Gasteiger partial charge in [0.1, 0.15) is 23.8 Å². The van der Waals surface area contributed by atoms with E-state index in [1.54, 1.807) is 6.07 Å². The van der Waals surface area contributed by atoms with Gasteiger partial charge in [0.25, 0.3) is 0 Å². The van der Waals surface area contributed by atoms with Crippen molar-refractivity contribution in [2.75, 3.05) is 13.6 Å². The molecule has 2 aromatic rings. The van der Waals surface area contributed by atoms with Crippen molar-refractivity contribution in [2.45, 2.75) is 0 Å². The van der Waals surface area contributed by atoms with Gasteiger partial charge >= 0.3 is 0 Å². The summed E-state index contributed by atoms with van der Waals surface area (Å²) in [6.07, 6.45) is 4.37. The number of aromatic nitrogens is 1. The Bertz CT molecular complexity index is 687. The average Bonchev–Trinajstić information content (AvgIpc) is 2.61. The maximum Gasteiger partial charge on any atom is 0.130 e. The lowest BCUT2D eigenvalue weighted by Crippen LogP contribution is -3.04. The lowest BCUT2D eigenvalue weighted by Gasteiger charge is -2.06. The minimum absolute atomic E-state index is 0.286. The van der Waals surface area contributed by atoms with Crippen LogP contribution in [0.1, 0.15) is 0 Å². The normalized spacial score (nSPS) is 19.0. The minimum Gasteiger partial charge on any atom is -0.507 e. The number of aromatic amines is 1. The molecule has 16 heavy (non-hydrogen) atoms. The molecule has 82 valence electrons. The van der Waals surface area contributed by atoms with Gasteiger partial charge in [-0.1, -0.05) is 0 Å². The van der Waals surface area contributed by atoms with Crippen molar-refractivity contribution >= 4 is 39.1 Å². The fraction of sp³-hybridized carbons (Fsp3) is 0.167. The van der Waals surface area contributed by atoms with Gasteiger partial charge in [0.15, 0.2) is 0 Å². The van der Waals surface area contributed by atoms with Crippen LogP contribution in [0.25, 0.3) is 23.2 Å². The Balaban J connectivity index is 2.54. The quantitative estimate of drug-likeness (QED) is 0.608. The van der Waals surface area contributed by atoms with Crippen LogP contribution in [0.2, 0.25) is 0 Å². The van der Waals surface area contributed by atoms with E-state index in [0.29, 0.717) is 0 Å². The van der Waals surface area contributed by atoms with Gasteiger partial charge in [0.05, 0.1) is 11.5 Å². The van der Waals surface area contributed by atoms with E-state index in [9.17, 15) is 5.11 Å². The summed E-state index contributed by atoms with van der Waals surface area (Å²) in [7, 11) is 2.12. The predicted molar refractivity (Wildman–Crippen MR) is 67.6 cm³/mol. The monoisotopic (exact) mass is 279 g/mol. The standard InChI is InChI=1S/C12H11BrN2O/c1-15-5-4-7-9(6-15)14-8-2-3-10(16)12(13)11(7)8/h2-4,6,14,16H,5H2,1H3/p+1. The van der Waals surface area contributed by atoms with Gasteiger partial charge < -0.3 is 15.0 Å². The maximum atomic E-state index is 9.70. The molecule has 1 aromatic heterocycles. The number of phenolic OH excluding ortho intramolecular Hbond substituents is 1. The van der Waals surface area contributed by atoms with Gasteiger partial charge in [0.2, 0.25) is 0 Å². The number of hydrogen-bond donors (Lipinski definition) is 3. The number of fused-ring (bicyclic) bond motifs is 3. The maximum absolute atomic E-state index is 9.70. The fourth-order valence-corrected chi connectivity index (χ4v) is 2.73. The van der Waals surface area contributed by atoms with E-state index in [2.05, 4.69) is 40.2 Å². The molecule has 0 radical (unpaired) electrons. The topological polar surface area (TPSA) is 40.5 Å². The van der Waals surface area contributed by atoms with Crippen LogP contribution < -0.4 is 15.5 Å². The summed E-state index contributed by atoms with van der Waals surface area (Å²) in [5.74, 6) is 0.286. The van der Waals surface area contributed by atoms with Gasteiger partial charge in [0, 0.05) is 16.1 Å². The van der Waals surface area contributed by atoms with Crippen molar-refractivity contribution in [1.29, 1.82) is 0 Å². The number of nitrogens with one attached hydrogen (secondary N) is 2. The second-order valence-electron chi connectivity index (χ2n) is 4.17. The zero-order valence-electron chi connectivity index (χ0n) is 8.84. The van der Waals surface area contributed by atoms with E-state index >= 15 is 0 Å². The Hall–Kier alpha value is -1.26. The van der Waals surface area contributed by atoms with Gasteiger partial charge in [-0.2, -0.15) is 0 Å². The molecule has 1 aliphatic heterocycles. The largest absolute Gasteiger partial charge is 0.507 e. The van der Waals surface area contributed by atoms with Crippen LogP contribution in [0.3, 0.4) is 0 Å². The van der Waals surface area contributed by atoms with Crippen LogP contribution in [-0.2, 0) is 0 Å². The summed E-state index contributed by atoms with van der Waals surface area (Å²) in [5, 5.41) is 13.1. The molecule has 0 saturated heterocycles. The second kappa shape index (κ2) is 3.37. The van der Waals surface area contributed by atoms with E-state index in [0.717, 1.165) is 27.3 Å². The number of benzene rings is 1. The van der Waals surface area contributed by atoms with Crippen LogP contribution in [0.5, 0.6) is 5.75 Å². The number of H-pyrrole nitrogens is 1. The highest BCUT2D eigenvalue weighted by atomic mass is 79.9. The van der Waals surface area contributed by atoms with Crippen LogP contribution in [-0.4, -0.2) is 23.7 Å². The Morgan fingerprint density at radius 3 is 3.06 bits per heavy atom. The van der Waals surface area contributed by atoms with Crippen molar-refractivity contribution in [1.82, 2.24) is 4.98 Å². The molecule has 0 saturated carbocycles. The molecule has 3 nitrogen and oxygen atoms in total. The highest BCUT2D eigenvalue weighted by molar-refractivity contribution is 9.10. The lowest BCUT2D eigenvalue weighted by atomic mass is 10.2. The molecule has 0 spiro atoms. The van der Waals surface area contributed by atoms with Gasteiger partial charge in [-0.15, -0.1) is 0 Å². The van der Waals surface area contributed by atoms with Gasteiger partial charge in [-0.3, -0.25) is 0 Å². The summed E-state index contributed by atoms with van der Waals surface area (Å²) in [6.45, 7) is 0.974. The minimum atomic E-state index is 0.286. The molecule has 0 fully saturated rings. The van der Waals surface area contributed by atoms with E-state index in [1.807, 2.05) is 6.07 Å². The first-order chi connectivity index (χ1) is 7.66. The van der Waals surface area contributed by atoms with E-state index in [4.69, 9.17) is 0 Å². The summed E-state index contributed by atoms with van der Waals surface area (Å²) < 4.78 is 0.770. The summed E-state index contributed by atoms with van der Waals surface area (Å²) in [4.78, 5) is 4.71. The van der Waals surface area contributed by atoms with Crippen molar-refractivity contribution in [3.63, 3.8) is 0 Å².